The molecule has 0 radical (unpaired) electrons. The molecule has 1 heterocycles. The zero-order valence-corrected chi connectivity index (χ0v) is 14.9. The number of carbonyl (C=O) groups excluding carboxylic acids is 2. The monoisotopic (exact) mass is 357 g/mol. The van der Waals surface area contributed by atoms with Gasteiger partial charge in [0.25, 0.3) is 0 Å². The lowest BCUT2D eigenvalue weighted by Gasteiger charge is -2.37. The summed E-state index contributed by atoms with van der Waals surface area (Å²) in [6.45, 7) is 1.34. The Balaban J connectivity index is 2.05. The Morgan fingerprint density at radius 1 is 1.35 bits per heavy atom. The molecule has 0 aromatic heterocycles. The SMILES string of the molecule is COCC(=O)N1C(C=Cc2ccccc2)C2C(=O)CCC2C1(C)C(=O)O. The molecule has 2 aliphatic rings. The highest BCUT2D eigenvalue weighted by molar-refractivity contribution is 5.94. The summed E-state index contributed by atoms with van der Waals surface area (Å²) in [6.07, 6.45) is 4.48. The van der Waals surface area contributed by atoms with Crippen molar-refractivity contribution in [3.8, 4) is 0 Å². The zero-order chi connectivity index (χ0) is 18.9. The van der Waals surface area contributed by atoms with Crippen molar-refractivity contribution < 1.29 is 24.2 Å². The van der Waals surface area contributed by atoms with Crippen molar-refractivity contribution >= 4 is 23.7 Å². The average Bonchev–Trinajstić information content (AvgIpc) is 3.12. The molecule has 2 fully saturated rings. The summed E-state index contributed by atoms with van der Waals surface area (Å²) >= 11 is 0. The van der Waals surface area contributed by atoms with Crippen LogP contribution in [0, 0.1) is 11.8 Å². The van der Waals surface area contributed by atoms with Gasteiger partial charge < -0.3 is 14.7 Å². The predicted octanol–water partition coefficient (Wildman–Crippen LogP) is 2.00. The van der Waals surface area contributed by atoms with E-state index in [1.54, 1.807) is 13.0 Å². The Hall–Kier alpha value is -2.47. The molecule has 1 saturated carbocycles. The number of benzene rings is 1. The summed E-state index contributed by atoms with van der Waals surface area (Å²) in [7, 11) is 1.40. The summed E-state index contributed by atoms with van der Waals surface area (Å²) in [5.74, 6) is -2.35. The quantitative estimate of drug-likeness (QED) is 0.871. The largest absolute Gasteiger partial charge is 0.479 e. The molecule has 0 bridgehead atoms. The van der Waals surface area contributed by atoms with Crippen molar-refractivity contribution in [3.05, 3.63) is 42.0 Å². The lowest BCUT2D eigenvalue weighted by molar-refractivity contribution is -0.160. The fourth-order valence-corrected chi connectivity index (χ4v) is 4.44. The van der Waals surface area contributed by atoms with Gasteiger partial charge in [0, 0.05) is 25.4 Å². The molecule has 1 aromatic rings. The predicted molar refractivity (Wildman–Crippen MR) is 95.2 cm³/mol. The van der Waals surface area contributed by atoms with Gasteiger partial charge in [0.2, 0.25) is 5.91 Å². The first-order valence-electron chi connectivity index (χ1n) is 8.71. The highest BCUT2D eigenvalue weighted by Gasteiger charge is 2.64. The van der Waals surface area contributed by atoms with Crippen LogP contribution in [0.4, 0.5) is 0 Å². The summed E-state index contributed by atoms with van der Waals surface area (Å²) in [4.78, 5) is 38.7. The minimum absolute atomic E-state index is 0.0258. The minimum Gasteiger partial charge on any atom is -0.479 e. The van der Waals surface area contributed by atoms with Gasteiger partial charge in [0.05, 0.1) is 6.04 Å². The van der Waals surface area contributed by atoms with Gasteiger partial charge in [-0.05, 0) is 18.9 Å². The molecule has 6 heteroatoms. The average molecular weight is 357 g/mol. The second-order valence-corrected chi connectivity index (χ2v) is 7.05. The van der Waals surface area contributed by atoms with Gasteiger partial charge in [-0.3, -0.25) is 9.59 Å². The first kappa shape index (κ1) is 18.3. The molecular formula is C20H23NO5. The van der Waals surface area contributed by atoms with Gasteiger partial charge in [-0.15, -0.1) is 0 Å². The molecule has 3 rings (SSSR count). The highest BCUT2D eigenvalue weighted by atomic mass is 16.5. The molecule has 6 nitrogen and oxygen atoms in total. The number of likely N-dealkylation sites (tertiary alicyclic amines) is 1. The van der Waals surface area contributed by atoms with E-state index in [1.165, 1.54) is 12.0 Å². The van der Waals surface area contributed by atoms with Crippen LogP contribution < -0.4 is 0 Å². The number of Topliss-reactive ketones (excluding diaryl/α,β-unsaturated/α-hetero) is 1. The van der Waals surface area contributed by atoms with E-state index in [4.69, 9.17) is 4.74 Å². The van der Waals surface area contributed by atoms with Gasteiger partial charge in [-0.2, -0.15) is 0 Å². The molecule has 138 valence electrons. The van der Waals surface area contributed by atoms with Crippen LogP contribution in [0.2, 0.25) is 0 Å². The number of hydrogen-bond donors (Lipinski definition) is 1. The Morgan fingerprint density at radius 2 is 2.04 bits per heavy atom. The standard InChI is InChI=1S/C20H23NO5/c1-20(19(24)25)14-9-11-16(22)18(14)15(21(20)17(23)12-26-2)10-8-13-6-4-3-5-7-13/h3-8,10,14-15,18H,9,11-12H2,1-2H3,(H,24,25). The lowest BCUT2D eigenvalue weighted by Crippen LogP contribution is -2.57. The molecule has 1 saturated heterocycles. The number of amides is 1. The molecule has 4 unspecified atom stereocenters. The second-order valence-electron chi connectivity index (χ2n) is 7.05. The van der Waals surface area contributed by atoms with E-state index in [2.05, 4.69) is 0 Å². The second kappa shape index (κ2) is 7.03. The smallest absolute Gasteiger partial charge is 0.329 e. The number of carboxylic acid groups (broad SMARTS) is 1. The summed E-state index contributed by atoms with van der Waals surface area (Å²) in [5.41, 5.74) is -0.490. The number of fused-ring (bicyclic) bond motifs is 1. The van der Waals surface area contributed by atoms with Crippen molar-refractivity contribution in [3.63, 3.8) is 0 Å². The van der Waals surface area contributed by atoms with Crippen LogP contribution in [0.3, 0.4) is 0 Å². The molecule has 4 atom stereocenters. The molecule has 1 amide bonds. The van der Waals surface area contributed by atoms with Crippen molar-refractivity contribution in [2.75, 3.05) is 13.7 Å². The van der Waals surface area contributed by atoms with Crippen LogP contribution in [-0.2, 0) is 19.1 Å². The van der Waals surface area contributed by atoms with Crippen LogP contribution in [0.5, 0.6) is 0 Å². The number of ether oxygens (including phenoxy) is 1. The molecule has 1 aliphatic carbocycles. The lowest BCUT2D eigenvalue weighted by atomic mass is 9.81. The van der Waals surface area contributed by atoms with Crippen LogP contribution >= 0.6 is 0 Å². The van der Waals surface area contributed by atoms with Crippen LogP contribution in [0.1, 0.15) is 25.3 Å². The van der Waals surface area contributed by atoms with E-state index in [9.17, 15) is 19.5 Å². The maximum Gasteiger partial charge on any atom is 0.329 e. The van der Waals surface area contributed by atoms with Gasteiger partial charge in [-0.25, -0.2) is 4.79 Å². The Labute approximate surface area is 152 Å². The van der Waals surface area contributed by atoms with E-state index < -0.39 is 35.3 Å². The first-order chi connectivity index (χ1) is 12.4. The number of carbonyl (C=O) groups is 3. The molecule has 0 spiro atoms. The van der Waals surface area contributed by atoms with Gasteiger partial charge >= 0.3 is 5.97 Å². The van der Waals surface area contributed by atoms with Crippen LogP contribution in [0.15, 0.2) is 36.4 Å². The van der Waals surface area contributed by atoms with Crippen molar-refractivity contribution in [2.24, 2.45) is 11.8 Å². The number of aliphatic carboxylic acids is 1. The Morgan fingerprint density at radius 3 is 2.65 bits per heavy atom. The number of rotatable bonds is 5. The van der Waals surface area contributed by atoms with E-state index in [0.717, 1.165) is 5.56 Å². The summed E-state index contributed by atoms with van der Waals surface area (Å²) in [6, 6.07) is 8.94. The van der Waals surface area contributed by atoms with E-state index in [-0.39, 0.29) is 12.4 Å². The Bertz CT molecular complexity index is 744. The first-order valence-corrected chi connectivity index (χ1v) is 8.71. The summed E-state index contributed by atoms with van der Waals surface area (Å²) in [5, 5.41) is 9.93. The third kappa shape index (κ3) is 2.84. The van der Waals surface area contributed by atoms with Crippen molar-refractivity contribution in [1.29, 1.82) is 0 Å². The number of methoxy groups -OCH3 is 1. The van der Waals surface area contributed by atoms with Crippen molar-refractivity contribution in [2.45, 2.75) is 31.3 Å². The van der Waals surface area contributed by atoms with E-state index in [0.29, 0.717) is 12.8 Å². The maximum absolute atomic E-state index is 12.7. The fraction of sp³-hybridized carbons (Fsp3) is 0.450. The maximum atomic E-state index is 12.7. The number of ketones is 1. The van der Waals surface area contributed by atoms with E-state index >= 15 is 0 Å². The Kier molecular flexibility index (Phi) is 4.96. The van der Waals surface area contributed by atoms with E-state index in [1.807, 2.05) is 36.4 Å². The molecule has 1 aliphatic heterocycles. The summed E-state index contributed by atoms with van der Waals surface area (Å²) < 4.78 is 4.96. The fourth-order valence-electron chi connectivity index (χ4n) is 4.44. The number of nitrogens with zero attached hydrogens (tertiary/aromatic N) is 1. The molecular weight excluding hydrogens is 334 g/mol. The third-order valence-electron chi connectivity index (χ3n) is 5.65. The topological polar surface area (TPSA) is 83.9 Å². The minimum atomic E-state index is -1.42. The zero-order valence-electron chi connectivity index (χ0n) is 14.9. The molecule has 1 aromatic carbocycles. The highest BCUT2D eigenvalue weighted by Crippen LogP contribution is 2.51. The number of hydrogen-bond acceptors (Lipinski definition) is 4. The van der Waals surface area contributed by atoms with Crippen molar-refractivity contribution in [1.82, 2.24) is 4.90 Å². The van der Waals surface area contributed by atoms with Crippen LogP contribution in [0.25, 0.3) is 6.08 Å². The number of carboxylic acids is 1. The molecule has 1 N–H and O–H groups in total. The third-order valence-corrected chi connectivity index (χ3v) is 5.65. The normalized spacial score (nSPS) is 30.8. The van der Waals surface area contributed by atoms with Crippen LogP contribution in [-0.4, -0.2) is 53.0 Å². The van der Waals surface area contributed by atoms with Gasteiger partial charge in [0.1, 0.15) is 17.9 Å². The van der Waals surface area contributed by atoms with Gasteiger partial charge in [-0.1, -0.05) is 42.5 Å². The van der Waals surface area contributed by atoms with Gasteiger partial charge in [0.15, 0.2) is 0 Å². The molecule has 26 heavy (non-hydrogen) atoms.